The molecule has 128 valence electrons. The smallest absolute Gasteiger partial charge is 0.306 e. The van der Waals surface area contributed by atoms with Crippen LogP contribution in [0.15, 0.2) is 54.6 Å². The van der Waals surface area contributed by atoms with E-state index in [-0.39, 0.29) is 12.3 Å². The molecule has 0 saturated heterocycles. The van der Waals surface area contributed by atoms with E-state index >= 15 is 0 Å². The molecule has 0 bridgehead atoms. The monoisotopic (exact) mass is 336 g/mol. The lowest BCUT2D eigenvalue weighted by Gasteiger charge is -2.21. The molecule has 0 aliphatic rings. The van der Waals surface area contributed by atoms with Crippen molar-refractivity contribution in [2.24, 2.45) is 0 Å². The Hall–Kier alpha value is -3.13. The predicted octanol–water partition coefficient (Wildman–Crippen LogP) is 3.09. The first-order chi connectivity index (χ1) is 12.0. The number of para-hydroxylation sites is 1. The lowest BCUT2D eigenvalue weighted by molar-refractivity contribution is -0.153. The van der Waals surface area contributed by atoms with Crippen molar-refractivity contribution in [3.63, 3.8) is 0 Å². The van der Waals surface area contributed by atoms with Crippen LogP contribution in [0, 0.1) is 11.3 Å². The second-order valence-electron chi connectivity index (χ2n) is 5.67. The van der Waals surface area contributed by atoms with Gasteiger partial charge >= 0.3 is 5.97 Å². The van der Waals surface area contributed by atoms with Crippen molar-refractivity contribution in [3.05, 3.63) is 65.7 Å². The molecule has 0 saturated carbocycles. The Bertz CT molecular complexity index is 764. The van der Waals surface area contributed by atoms with Crippen LogP contribution in [-0.4, -0.2) is 25.0 Å². The summed E-state index contributed by atoms with van der Waals surface area (Å²) in [5, 5.41) is 8.76. The van der Waals surface area contributed by atoms with Crippen molar-refractivity contribution < 1.29 is 14.3 Å². The highest BCUT2D eigenvalue weighted by Gasteiger charge is 2.22. The summed E-state index contributed by atoms with van der Waals surface area (Å²) >= 11 is 0. The number of carbonyl (C=O) groups excluding carboxylic acids is 2. The zero-order valence-electron chi connectivity index (χ0n) is 14.3. The minimum atomic E-state index is -0.848. The Kier molecular flexibility index (Phi) is 6.30. The van der Waals surface area contributed by atoms with Gasteiger partial charge < -0.3 is 9.64 Å². The maximum absolute atomic E-state index is 12.3. The number of ether oxygens (including phenoxy) is 1. The average Bonchev–Trinajstić information content (AvgIpc) is 2.66. The summed E-state index contributed by atoms with van der Waals surface area (Å²) in [6.07, 6.45) is -0.169. The fourth-order valence-electron chi connectivity index (χ4n) is 2.35. The lowest BCUT2D eigenvalue weighted by atomic mass is 10.1. The third-order valence-corrected chi connectivity index (χ3v) is 3.83. The molecule has 1 atom stereocenters. The van der Waals surface area contributed by atoms with Crippen LogP contribution >= 0.6 is 0 Å². The van der Waals surface area contributed by atoms with Gasteiger partial charge in [0.25, 0.3) is 5.91 Å². The Morgan fingerprint density at radius 1 is 1.12 bits per heavy atom. The number of nitriles is 1. The Balaban J connectivity index is 1.84. The molecule has 0 fully saturated rings. The van der Waals surface area contributed by atoms with Crippen LogP contribution < -0.4 is 4.90 Å². The standard InChI is InChI=1S/C20H20N2O3/c1-15(20(24)22(2)18-6-4-3-5-7-18)25-19(23)13-12-16-8-10-17(14-21)11-9-16/h3-11,15H,12-13H2,1-2H3. The van der Waals surface area contributed by atoms with Crippen LogP contribution in [0.1, 0.15) is 24.5 Å². The van der Waals surface area contributed by atoms with Crippen molar-refractivity contribution in [1.82, 2.24) is 0 Å². The second kappa shape index (κ2) is 8.65. The lowest BCUT2D eigenvalue weighted by Crippen LogP contribution is -2.37. The Labute approximate surface area is 147 Å². The third-order valence-electron chi connectivity index (χ3n) is 3.83. The van der Waals surface area contributed by atoms with Gasteiger partial charge in [-0.15, -0.1) is 0 Å². The van der Waals surface area contributed by atoms with Gasteiger partial charge in [0.1, 0.15) is 0 Å². The summed E-state index contributed by atoms with van der Waals surface area (Å²) in [6, 6.07) is 18.3. The van der Waals surface area contributed by atoms with E-state index in [1.807, 2.05) is 48.5 Å². The van der Waals surface area contributed by atoms with Crippen molar-refractivity contribution in [3.8, 4) is 6.07 Å². The summed E-state index contributed by atoms with van der Waals surface area (Å²) in [4.78, 5) is 25.8. The van der Waals surface area contributed by atoms with E-state index in [1.165, 1.54) is 4.90 Å². The van der Waals surface area contributed by atoms with E-state index in [2.05, 4.69) is 0 Å². The van der Waals surface area contributed by atoms with Gasteiger partial charge in [-0.25, -0.2) is 0 Å². The van der Waals surface area contributed by atoms with Crippen LogP contribution in [0.25, 0.3) is 0 Å². The topological polar surface area (TPSA) is 70.4 Å². The molecule has 0 aromatic heterocycles. The molecule has 1 amide bonds. The molecule has 0 radical (unpaired) electrons. The van der Waals surface area contributed by atoms with Gasteiger partial charge in [-0.2, -0.15) is 5.26 Å². The predicted molar refractivity (Wildman–Crippen MR) is 94.9 cm³/mol. The quantitative estimate of drug-likeness (QED) is 0.760. The summed E-state index contributed by atoms with van der Waals surface area (Å²) in [6.45, 7) is 1.57. The molecule has 1 unspecified atom stereocenters. The molecule has 25 heavy (non-hydrogen) atoms. The van der Waals surface area contributed by atoms with Gasteiger partial charge in [-0.05, 0) is 43.2 Å². The Morgan fingerprint density at radius 3 is 2.36 bits per heavy atom. The van der Waals surface area contributed by atoms with Crippen molar-refractivity contribution in [2.75, 3.05) is 11.9 Å². The number of aryl methyl sites for hydroxylation is 1. The maximum Gasteiger partial charge on any atom is 0.306 e. The largest absolute Gasteiger partial charge is 0.453 e. The minimum absolute atomic E-state index is 0.179. The van der Waals surface area contributed by atoms with E-state index in [0.29, 0.717) is 12.0 Å². The number of carbonyl (C=O) groups is 2. The fourth-order valence-corrected chi connectivity index (χ4v) is 2.35. The highest BCUT2D eigenvalue weighted by atomic mass is 16.5. The molecule has 0 spiro atoms. The zero-order valence-corrected chi connectivity index (χ0v) is 14.3. The molecule has 2 aromatic rings. The molecule has 0 heterocycles. The van der Waals surface area contributed by atoms with Crippen LogP contribution in [0.3, 0.4) is 0 Å². The summed E-state index contributed by atoms with van der Waals surface area (Å²) in [5.74, 6) is -0.704. The van der Waals surface area contributed by atoms with Crippen LogP contribution in [0.4, 0.5) is 5.69 Å². The molecular weight excluding hydrogens is 316 g/mol. The Morgan fingerprint density at radius 2 is 1.76 bits per heavy atom. The number of rotatable bonds is 6. The van der Waals surface area contributed by atoms with Gasteiger partial charge in [-0.3, -0.25) is 9.59 Å². The molecule has 5 heteroatoms. The summed E-state index contributed by atoms with van der Waals surface area (Å²) in [7, 11) is 1.65. The number of anilines is 1. The van der Waals surface area contributed by atoms with E-state index in [4.69, 9.17) is 10.00 Å². The maximum atomic E-state index is 12.3. The van der Waals surface area contributed by atoms with Crippen LogP contribution in [-0.2, 0) is 20.7 Å². The van der Waals surface area contributed by atoms with E-state index in [1.54, 1.807) is 26.1 Å². The van der Waals surface area contributed by atoms with Gasteiger partial charge in [0.15, 0.2) is 6.10 Å². The van der Waals surface area contributed by atoms with Gasteiger partial charge in [-0.1, -0.05) is 30.3 Å². The molecule has 0 aliphatic heterocycles. The van der Waals surface area contributed by atoms with Gasteiger partial charge in [0.05, 0.1) is 11.6 Å². The normalized spacial score (nSPS) is 11.2. The number of likely N-dealkylation sites (N-methyl/N-ethyl adjacent to an activating group) is 1. The van der Waals surface area contributed by atoms with Crippen molar-refractivity contribution >= 4 is 17.6 Å². The molecule has 0 aliphatic carbocycles. The number of amides is 1. The number of benzene rings is 2. The van der Waals surface area contributed by atoms with Gasteiger partial charge in [0.2, 0.25) is 0 Å². The van der Waals surface area contributed by atoms with Gasteiger partial charge in [0, 0.05) is 19.2 Å². The SMILES string of the molecule is CC(OC(=O)CCc1ccc(C#N)cc1)C(=O)N(C)c1ccccc1. The first kappa shape index (κ1) is 18.2. The third kappa shape index (κ3) is 5.18. The summed E-state index contributed by atoms with van der Waals surface area (Å²) < 4.78 is 5.24. The molecule has 0 N–H and O–H groups in total. The number of hydrogen-bond donors (Lipinski definition) is 0. The molecule has 5 nitrogen and oxygen atoms in total. The number of esters is 1. The molecular formula is C20H20N2O3. The van der Waals surface area contributed by atoms with Crippen LogP contribution in [0.2, 0.25) is 0 Å². The first-order valence-corrected chi connectivity index (χ1v) is 8.02. The fraction of sp³-hybridized carbons (Fsp3) is 0.250. The number of hydrogen-bond acceptors (Lipinski definition) is 4. The first-order valence-electron chi connectivity index (χ1n) is 8.02. The van der Waals surface area contributed by atoms with Crippen molar-refractivity contribution in [1.29, 1.82) is 5.26 Å². The zero-order chi connectivity index (χ0) is 18.2. The van der Waals surface area contributed by atoms with E-state index < -0.39 is 12.1 Å². The molecule has 2 aromatic carbocycles. The summed E-state index contributed by atoms with van der Waals surface area (Å²) in [5.41, 5.74) is 2.26. The van der Waals surface area contributed by atoms with E-state index in [0.717, 1.165) is 11.3 Å². The molecule has 2 rings (SSSR count). The second-order valence-corrected chi connectivity index (χ2v) is 5.67. The van der Waals surface area contributed by atoms with Crippen LogP contribution in [0.5, 0.6) is 0 Å². The number of nitrogens with zero attached hydrogens (tertiary/aromatic N) is 2. The average molecular weight is 336 g/mol. The minimum Gasteiger partial charge on any atom is -0.453 e. The van der Waals surface area contributed by atoms with E-state index in [9.17, 15) is 9.59 Å². The highest BCUT2D eigenvalue weighted by Crippen LogP contribution is 2.14. The highest BCUT2D eigenvalue weighted by molar-refractivity contribution is 5.96. The van der Waals surface area contributed by atoms with Crippen molar-refractivity contribution in [2.45, 2.75) is 25.9 Å².